The molecule has 2 aromatic heterocycles. The minimum Gasteiger partial charge on any atom is -0.378 e. The van der Waals surface area contributed by atoms with E-state index in [1.54, 1.807) is 36.4 Å². The number of pyridine rings is 1. The van der Waals surface area contributed by atoms with Crippen LogP contribution in [-0.4, -0.2) is 42.3 Å². The number of thiazole rings is 1. The van der Waals surface area contributed by atoms with Crippen molar-refractivity contribution in [3.05, 3.63) is 34.6 Å². The van der Waals surface area contributed by atoms with Gasteiger partial charge in [-0.3, -0.25) is 4.98 Å². The van der Waals surface area contributed by atoms with E-state index in [1.165, 1.54) is 5.56 Å². The van der Waals surface area contributed by atoms with Crippen LogP contribution in [0.5, 0.6) is 0 Å². The van der Waals surface area contributed by atoms with Crippen LogP contribution in [0, 0.1) is 0 Å². The Hall–Kier alpha value is -1.48. The van der Waals surface area contributed by atoms with Crippen LogP contribution in [-0.2, 0) is 17.1 Å². The Bertz CT molecular complexity index is 716. The summed E-state index contributed by atoms with van der Waals surface area (Å²) in [5.41, 5.74) is 8.73. The molecule has 1 aliphatic heterocycles. The van der Waals surface area contributed by atoms with Crippen LogP contribution in [0.15, 0.2) is 23.5 Å². The number of ether oxygens (including phenoxy) is 1. The molecule has 0 aromatic carbocycles. The molecule has 23 heavy (non-hydrogen) atoms. The summed E-state index contributed by atoms with van der Waals surface area (Å²) in [4.78, 5) is 16.8. The molecule has 3 heterocycles. The van der Waals surface area contributed by atoms with Gasteiger partial charge in [0.2, 0.25) is 0 Å². The zero-order chi connectivity index (χ0) is 16.2. The molecule has 0 amide bonds. The van der Waals surface area contributed by atoms with Gasteiger partial charge in [0.25, 0.3) is 0 Å². The van der Waals surface area contributed by atoms with Gasteiger partial charge in [-0.15, -0.1) is 0 Å². The second-order valence-electron chi connectivity index (χ2n) is 5.13. The third-order valence-electron chi connectivity index (χ3n) is 3.42. The van der Waals surface area contributed by atoms with Gasteiger partial charge in [-0.25, -0.2) is 9.98 Å². The second kappa shape index (κ2) is 7.39. The molecule has 0 fully saturated rings. The molecule has 0 aliphatic carbocycles. The lowest BCUT2D eigenvalue weighted by Crippen LogP contribution is -2.24. The van der Waals surface area contributed by atoms with E-state index in [9.17, 15) is 0 Å². The molecule has 0 radical (unpaired) electrons. The molecule has 2 N–H and O–H groups in total. The first-order valence-corrected chi connectivity index (χ1v) is 9.07. The summed E-state index contributed by atoms with van der Waals surface area (Å²) < 4.78 is 5.31. The van der Waals surface area contributed by atoms with E-state index in [-0.39, 0.29) is 0 Å². The number of fused-ring (bicyclic) bond motifs is 1. The van der Waals surface area contributed by atoms with Crippen LogP contribution in [0.25, 0.3) is 0 Å². The number of hydrogen-bond acceptors (Lipinski definition) is 8. The maximum Gasteiger partial charge on any atom is 0.186 e. The Morgan fingerprint density at radius 1 is 1.43 bits per heavy atom. The standard InChI is InChI=1S/C15H19N5OS2/c1-20(6-4-16)15-19-12(8-21-2)13(23-15)14-18-11-3-5-17-7-10(11)9-22-14/h3,5,7H,4,6,8-9,16H2,1-2H3. The van der Waals surface area contributed by atoms with Gasteiger partial charge >= 0.3 is 0 Å². The van der Waals surface area contributed by atoms with Crippen LogP contribution in [0.4, 0.5) is 10.8 Å². The normalized spacial score (nSPS) is 13.6. The Kier molecular flexibility index (Phi) is 5.27. The Balaban J connectivity index is 1.97. The highest BCUT2D eigenvalue weighted by Crippen LogP contribution is 2.37. The van der Waals surface area contributed by atoms with Gasteiger partial charge in [0, 0.05) is 51.0 Å². The predicted molar refractivity (Wildman–Crippen MR) is 96.9 cm³/mol. The highest BCUT2D eigenvalue weighted by atomic mass is 32.2. The van der Waals surface area contributed by atoms with Crippen molar-refractivity contribution in [1.29, 1.82) is 0 Å². The van der Waals surface area contributed by atoms with Gasteiger partial charge in [0.1, 0.15) is 5.04 Å². The van der Waals surface area contributed by atoms with Gasteiger partial charge in [-0.1, -0.05) is 23.1 Å². The molecule has 1 aliphatic rings. The van der Waals surface area contributed by atoms with Crippen molar-refractivity contribution >= 4 is 39.0 Å². The van der Waals surface area contributed by atoms with Gasteiger partial charge in [-0.2, -0.15) is 0 Å². The number of nitrogens with zero attached hydrogens (tertiary/aromatic N) is 4. The molecule has 0 unspecified atom stereocenters. The second-order valence-corrected chi connectivity index (χ2v) is 7.07. The predicted octanol–water partition coefficient (Wildman–Crippen LogP) is 2.40. The van der Waals surface area contributed by atoms with Crippen LogP contribution < -0.4 is 10.6 Å². The van der Waals surface area contributed by atoms with E-state index < -0.39 is 0 Å². The molecule has 0 atom stereocenters. The van der Waals surface area contributed by atoms with Crippen molar-refractivity contribution < 1.29 is 4.74 Å². The molecular formula is C15H19N5OS2. The fourth-order valence-corrected chi connectivity index (χ4v) is 4.41. The maximum atomic E-state index is 5.64. The number of hydrogen-bond donors (Lipinski definition) is 1. The molecular weight excluding hydrogens is 330 g/mol. The van der Waals surface area contributed by atoms with Crippen LogP contribution in [0.1, 0.15) is 16.1 Å². The van der Waals surface area contributed by atoms with E-state index >= 15 is 0 Å². The average Bonchev–Trinajstić information content (AvgIpc) is 2.99. The topological polar surface area (TPSA) is 76.6 Å². The minimum atomic E-state index is 0.477. The molecule has 0 spiro atoms. The first kappa shape index (κ1) is 16.4. The smallest absolute Gasteiger partial charge is 0.186 e. The monoisotopic (exact) mass is 349 g/mol. The largest absolute Gasteiger partial charge is 0.378 e. The van der Waals surface area contributed by atoms with E-state index in [4.69, 9.17) is 20.4 Å². The molecule has 0 saturated heterocycles. The minimum absolute atomic E-state index is 0.477. The Labute approximate surface area is 143 Å². The van der Waals surface area contributed by atoms with Crippen LogP contribution in [0.3, 0.4) is 0 Å². The quantitative estimate of drug-likeness (QED) is 0.863. The SMILES string of the molecule is COCc1nc(N(C)CCN)sc1C1=Nc2ccncc2CS1. The maximum absolute atomic E-state index is 5.64. The number of methoxy groups -OCH3 is 1. The van der Waals surface area contributed by atoms with Gasteiger partial charge in [0.15, 0.2) is 5.13 Å². The summed E-state index contributed by atoms with van der Waals surface area (Å²) in [6.07, 6.45) is 3.66. The number of nitrogens with two attached hydrogens (primary N) is 1. The number of anilines is 1. The molecule has 0 bridgehead atoms. The third kappa shape index (κ3) is 3.55. The molecule has 3 rings (SSSR count). The van der Waals surface area contributed by atoms with E-state index in [2.05, 4.69) is 9.88 Å². The van der Waals surface area contributed by atoms with E-state index in [0.717, 1.165) is 38.7 Å². The highest BCUT2D eigenvalue weighted by Gasteiger charge is 2.22. The molecule has 2 aromatic rings. The molecule has 0 saturated carbocycles. The van der Waals surface area contributed by atoms with E-state index in [1.807, 2.05) is 19.3 Å². The molecule has 8 heteroatoms. The fraction of sp³-hybridized carbons (Fsp3) is 0.400. The fourth-order valence-electron chi connectivity index (χ4n) is 2.24. The van der Waals surface area contributed by atoms with E-state index in [0.29, 0.717) is 13.2 Å². The van der Waals surface area contributed by atoms with Gasteiger partial charge in [-0.05, 0) is 6.07 Å². The number of rotatable bonds is 6. The summed E-state index contributed by atoms with van der Waals surface area (Å²) in [6, 6.07) is 1.95. The molecule has 6 nitrogen and oxygen atoms in total. The van der Waals surface area contributed by atoms with Crippen molar-refractivity contribution in [2.24, 2.45) is 10.7 Å². The lowest BCUT2D eigenvalue weighted by molar-refractivity contribution is 0.182. The van der Waals surface area contributed by atoms with Crippen molar-refractivity contribution in [3.8, 4) is 0 Å². The summed E-state index contributed by atoms with van der Waals surface area (Å²) >= 11 is 3.36. The van der Waals surface area contributed by atoms with Gasteiger partial charge < -0.3 is 15.4 Å². The van der Waals surface area contributed by atoms with Crippen LogP contribution in [0.2, 0.25) is 0 Å². The number of aromatic nitrogens is 2. The third-order valence-corrected chi connectivity index (χ3v) is 5.79. The summed E-state index contributed by atoms with van der Waals surface area (Å²) in [6.45, 7) is 1.85. The number of likely N-dealkylation sites (N-methyl/N-ethyl adjacent to an activating group) is 1. The zero-order valence-electron chi connectivity index (χ0n) is 13.2. The Morgan fingerprint density at radius 3 is 3.09 bits per heavy atom. The lowest BCUT2D eigenvalue weighted by atomic mass is 10.2. The van der Waals surface area contributed by atoms with Crippen molar-refractivity contribution in [2.45, 2.75) is 12.4 Å². The summed E-state index contributed by atoms with van der Waals surface area (Å²) in [5, 5.41) is 1.95. The van der Waals surface area contributed by atoms with Crippen molar-refractivity contribution in [3.63, 3.8) is 0 Å². The average molecular weight is 349 g/mol. The number of aliphatic imine (C=N–C) groups is 1. The van der Waals surface area contributed by atoms with Crippen LogP contribution >= 0.6 is 23.1 Å². The number of thioether (sulfide) groups is 1. The summed E-state index contributed by atoms with van der Waals surface area (Å²) in [7, 11) is 3.69. The zero-order valence-corrected chi connectivity index (χ0v) is 14.8. The molecule has 122 valence electrons. The highest BCUT2D eigenvalue weighted by molar-refractivity contribution is 8.14. The first-order chi connectivity index (χ1) is 11.2. The van der Waals surface area contributed by atoms with Gasteiger partial charge in [0.05, 0.1) is 22.9 Å². The first-order valence-electron chi connectivity index (χ1n) is 7.27. The van der Waals surface area contributed by atoms with Crippen molar-refractivity contribution in [2.75, 3.05) is 32.1 Å². The van der Waals surface area contributed by atoms with Crippen molar-refractivity contribution in [1.82, 2.24) is 9.97 Å². The summed E-state index contributed by atoms with van der Waals surface area (Å²) in [5.74, 6) is 0.875. The lowest BCUT2D eigenvalue weighted by Gasteiger charge is -2.14. The Morgan fingerprint density at radius 2 is 2.30 bits per heavy atom.